The van der Waals surface area contributed by atoms with Crippen LogP contribution in [0.25, 0.3) is 0 Å². The Morgan fingerprint density at radius 2 is 1.94 bits per heavy atom. The minimum atomic E-state index is -0.0363. The van der Waals surface area contributed by atoms with Gasteiger partial charge < -0.3 is 5.11 Å². The van der Waals surface area contributed by atoms with E-state index in [1.807, 2.05) is 0 Å². The average Bonchev–Trinajstić information content (AvgIpc) is 2.54. The highest BCUT2D eigenvalue weighted by molar-refractivity contribution is 5.14. The zero-order valence-corrected chi connectivity index (χ0v) is 9.55. The van der Waals surface area contributed by atoms with Crippen molar-refractivity contribution >= 4 is 0 Å². The Morgan fingerprint density at radius 3 is 2.69 bits per heavy atom. The van der Waals surface area contributed by atoms with Gasteiger partial charge in [-0.25, -0.2) is 0 Å². The van der Waals surface area contributed by atoms with Gasteiger partial charge in [-0.2, -0.15) is 0 Å². The molecule has 2 fully saturated rings. The molecule has 0 radical (unpaired) electrons. The molecule has 0 aromatic heterocycles. The number of piperidine rings is 1. The quantitative estimate of drug-likeness (QED) is 0.817. The summed E-state index contributed by atoms with van der Waals surface area (Å²) in [5.74, 6) is 1.26. The predicted molar refractivity (Wildman–Crippen MR) is 63.9 cm³/mol. The van der Waals surface area contributed by atoms with Crippen LogP contribution in [0.2, 0.25) is 0 Å². The first-order valence-corrected chi connectivity index (χ1v) is 6.25. The van der Waals surface area contributed by atoms with Crippen molar-refractivity contribution in [3.8, 4) is 0 Å². The van der Waals surface area contributed by atoms with E-state index in [9.17, 15) is 5.11 Å². The Kier molecular flexibility index (Phi) is 2.70. The lowest BCUT2D eigenvalue weighted by atomic mass is 9.98. The van der Waals surface area contributed by atoms with Crippen molar-refractivity contribution in [3.05, 3.63) is 35.9 Å². The maximum Gasteiger partial charge on any atom is 0.0583 e. The largest absolute Gasteiger partial charge is 0.393 e. The minimum Gasteiger partial charge on any atom is -0.393 e. The Labute approximate surface area is 96.9 Å². The van der Waals surface area contributed by atoms with E-state index in [0.29, 0.717) is 5.92 Å². The summed E-state index contributed by atoms with van der Waals surface area (Å²) in [4.78, 5) is 2.50. The molecule has 1 saturated carbocycles. The highest BCUT2D eigenvalue weighted by atomic mass is 16.3. The van der Waals surface area contributed by atoms with Gasteiger partial charge in [0.2, 0.25) is 0 Å². The summed E-state index contributed by atoms with van der Waals surface area (Å²) >= 11 is 0. The van der Waals surface area contributed by atoms with Crippen LogP contribution in [-0.2, 0) is 6.54 Å². The van der Waals surface area contributed by atoms with Crippen LogP contribution < -0.4 is 0 Å². The number of rotatable bonds is 2. The number of benzene rings is 1. The van der Waals surface area contributed by atoms with Crippen LogP contribution in [0.4, 0.5) is 0 Å². The van der Waals surface area contributed by atoms with Gasteiger partial charge in [-0.05, 0) is 30.2 Å². The molecule has 16 heavy (non-hydrogen) atoms. The van der Waals surface area contributed by atoms with E-state index in [0.717, 1.165) is 25.4 Å². The van der Waals surface area contributed by atoms with Crippen LogP contribution in [0.15, 0.2) is 30.3 Å². The van der Waals surface area contributed by atoms with E-state index >= 15 is 0 Å². The zero-order chi connectivity index (χ0) is 11.0. The lowest BCUT2D eigenvalue weighted by Gasteiger charge is -2.31. The molecule has 3 atom stereocenters. The first-order valence-electron chi connectivity index (χ1n) is 6.25. The smallest absolute Gasteiger partial charge is 0.0583 e. The number of fused-ring (bicyclic) bond motifs is 2. The molecule has 3 rings (SSSR count). The number of aliphatic hydroxyl groups is 1. The first kappa shape index (κ1) is 10.3. The molecule has 2 aliphatic rings. The van der Waals surface area contributed by atoms with Gasteiger partial charge in [0.05, 0.1) is 6.10 Å². The average molecular weight is 217 g/mol. The van der Waals surface area contributed by atoms with E-state index < -0.39 is 0 Å². The molecular formula is C14H19NO. The van der Waals surface area contributed by atoms with Gasteiger partial charge in [-0.1, -0.05) is 30.3 Å². The maximum absolute atomic E-state index is 9.86. The highest BCUT2D eigenvalue weighted by Crippen LogP contribution is 2.37. The van der Waals surface area contributed by atoms with Gasteiger partial charge in [0.1, 0.15) is 0 Å². The van der Waals surface area contributed by atoms with Gasteiger partial charge >= 0.3 is 0 Å². The molecule has 1 aromatic carbocycles. The van der Waals surface area contributed by atoms with Crippen molar-refractivity contribution < 1.29 is 5.11 Å². The predicted octanol–water partition coefficient (Wildman–Crippen LogP) is 1.89. The third-order valence-corrected chi connectivity index (χ3v) is 4.01. The van der Waals surface area contributed by atoms with E-state index in [2.05, 4.69) is 35.2 Å². The molecule has 2 bridgehead atoms. The molecule has 1 aliphatic heterocycles. The fourth-order valence-corrected chi connectivity index (χ4v) is 3.30. The van der Waals surface area contributed by atoms with Crippen molar-refractivity contribution in [1.82, 2.24) is 4.90 Å². The van der Waals surface area contributed by atoms with Crippen molar-refractivity contribution in [1.29, 1.82) is 0 Å². The Bertz CT molecular complexity index is 349. The van der Waals surface area contributed by atoms with Crippen LogP contribution in [-0.4, -0.2) is 29.2 Å². The highest BCUT2D eigenvalue weighted by Gasteiger charge is 2.38. The van der Waals surface area contributed by atoms with Crippen molar-refractivity contribution in [3.63, 3.8) is 0 Å². The Morgan fingerprint density at radius 1 is 1.12 bits per heavy atom. The summed E-state index contributed by atoms with van der Waals surface area (Å²) in [5.41, 5.74) is 1.39. The second-order valence-electron chi connectivity index (χ2n) is 5.34. The topological polar surface area (TPSA) is 23.5 Å². The third kappa shape index (κ3) is 2.00. The van der Waals surface area contributed by atoms with Crippen molar-refractivity contribution in [2.75, 3.05) is 13.1 Å². The Hall–Kier alpha value is -0.860. The summed E-state index contributed by atoms with van der Waals surface area (Å²) in [6, 6.07) is 10.6. The normalized spacial score (nSPS) is 34.2. The third-order valence-electron chi connectivity index (χ3n) is 4.01. The van der Waals surface area contributed by atoms with E-state index in [1.54, 1.807) is 0 Å². The summed E-state index contributed by atoms with van der Waals surface area (Å²) in [6.07, 6.45) is 2.23. The van der Waals surface area contributed by atoms with Crippen molar-refractivity contribution in [2.45, 2.75) is 25.5 Å². The lowest BCUT2D eigenvalue weighted by molar-refractivity contribution is 0.0994. The second kappa shape index (κ2) is 4.19. The van der Waals surface area contributed by atoms with Crippen LogP contribution >= 0.6 is 0 Å². The molecule has 1 aliphatic carbocycles. The molecule has 2 heteroatoms. The molecule has 0 unspecified atom stereocenters. The summed E-state index contributed by atoms with van der Waals surface area (Å²) in [5, 5.41) is 9.86. The zero-order valence-electron chi connectivity index (χ0n) is 9.55. The molecule has 0 spiro atoms. The standard InChI is InChI=1S/C14H19NO/c16-14-7-12-6-13(14)10-15(9-12)8-11-4-2-1-3-5-11/h1-5,12-14,16H,6-10H2/t12-,13-,14-/m1/s1. The van der Waals surface area contributed by atoms with E-state index in [-0.39, 0.29) is 6.10 Å². The lowest BCUT2D eigenvalue weighted by Crippen LogP contribution is -2.37. The van der Waals surface area contributed by atoms with Crippen molar-refractivity contribution in [2.24, 2.45) is 11.8 Å². The van der Waals surface area contributed by atoms with Gasteiger partial charge in [0.25, 0.3) is 0 Å². The molecule has 1 aromatic rings. The van der Waals surface area contributed by atoms with Crippen LogP contribution in [0.3, 0.4) is 0 Å². The molecule has 86 valence electrons. The maximum atomic E-state index is 9.86. The molecule has 2 nitrogen and oxygen atoms in total. The fourth-order valence-electron chi connectivity index (χ4n) is 3.30. The molecule has 1 saturated heterocycles. The molecule has 1 N–H and O–H groups in total. The number of likely N-dealkylation sites (tertiary alicyclic amines) is 1. The van der Waals surface area contributed by atoms with Crippen LogP contribution in [0.1, 0.15) is 18.4 Å². The van der Waals surface area contributed by atoms with Gasteiger partial charge in [-0.3, -0.25) is 4.90 Å². The van der Waals surface area contributed by atoms with Crippen LogP contribution in [0, 0.1) is 11.8 Å². The van der Waals surface area contributed by atoms with Gasteiger partial charge in [0, 0.05) is 19.6 Å². The molecule has 0 amide bonds. The van der Waals surface area contributed by atoms with Gasteiger partial charge in [0.15, 0.2) is 0 Å². The summed E-state index contributed by atoms with van der Waals surface area (Å²) in [6.45, 7) is 3.29. The number of hydrogen-bond donors (Lipinski definition) is 1. The van der Waals surface area contributed by atoms with E-state index in [1.165, 1.54) is 18.5 Å². The second-order valence-corrected chi connectivity index (χ2v) is 5.34. The molecular weight excluding hydrogens is 198 g/mol. The summed E-state index contributed by atoms with van der Waals surface area (Å²) in [7, 11) is 0. The number of hydrogen-bond acceptors (Lipinski definition) is 2. The van der Waals surface area contributed by atoms with E-state index in [4.69, 9.17) is 0 Å². The monoisotopic (exact) mass is 217 g/mol. The van der Waals surface area contributed by atoms with Crippen LogP contribution in [0.5, 0.6) is 0 Å². The number of aliphatic hydroxyl groups excluding tert-OH is 1. The minimum absolute atomic E-state index is 0.0363. The molecule has 1 heterocycles. The Balaban J connectivity index is 1.65. The first-order chi connectivity index (χ1) is 7.81. The summed E-state index contributed by atoms with van der Waals surface area (Å²) < 4.78 is 0. The fraction of sp³-hybridized carbons (Fsp3) is 0.571. The van der Waals surface area contributed by atoms with Gasteiger partial charge in [-0.15, -0.1) is 0 Å². The SMILES string of the molecule is O[C@@H]1C[C@H]2C[C@@H]1CN(Cc1ccccc1)C2. The number of nitrogens with zero attached hydrogens (tertiary/aromatic N) is 1.